The maximum atomic E-state index is 12.2. The highest BCUT2D eigenvalue weighted by Gasteiger charge is 2.18. The lowest BCUT2D eigenvalue weighted by Gasteiger charge is -2.13. The Balaban J connectivity index is 1.92. The van der Waals surface area contributed by atoms with Crippen molar-refractivity contribution in [2.75, 3.05) is 28.2 Å². The molecule has 1 aliphatic carbocycles. The Morgan fingerprint density at radius 1 is 0.680 bits per heavy atom. The molecule has 0 radical (unpaired) electrons. The van der Waals surface area contributed by atoms with E-state index in [1.165, 1.54) is 22.3 Å². The van der Waals surface area contributed by atoms with E-state index in [-0.39, 0.29) is 11.8 Å². The standard InChI is InChI=1S/C21H24N2O2/c1-22(2)20(24)18-9-7-14-11-15-8-10-19(21(25)23(3)4)13-17(15)6-5-16(14)12-18/h7-10,12-13H,5-6,11H2,1-4H3. The number of aryl methyl sites for hydroxylation is 2. The molecule has 0 saturated heterocycles. The summed E-state index contributed by atoms with van der Waals surface area (Å²) in [5, 5.41) is 0. The van der Waals surface area contributed by atoms with Crippen LogP contribution >= 0.6 is 0 Å². The van der Waals surface area contributed by atoms with E-state index in [4.69, 9.17) is 0 Å². The van der Waals surface area contributed by atoms with E-state index in [0.717, 1.165) is 30.4 Å². The molecule has 4 heteroatoms. The Kier molecular flexibility index (Phi) is 4.62. The molecule has 0 unspecified atom stereocenters. The van der Waals surface area contributed by atoms with Crippen LogP contribution in [0.25, 0.3) is 0 Å². The topological polar surface area (TPSA) is 40.6 Å². The molecular weight excluding hydrogens is 312 g/mol. The summed E-state index contributed by atoms with van der Waals surface area (Å²) >= 11 is 0. The minimum absolute atomic E-state index is 0.0310. The van der Waals surface area contributed by atoms with Crippen molar-refractivity contribution in [3.63, 3.8) is 0 Å². The van der Waals surface area contributed by atoms with Gasteiger partial charge < -0.3 is 9.80 Å². The van der Waals surface area contributed by atoms with E-state index in [0.29, 0.717) is 0 Å². The number of hydrogen-bond donors (Lipinski definition) is 0. The zero-order chi connectivity index (χ0) is 18.1. The van der Waals surface area contributed by atoms with Crippen LogP contribution in [0.5, 0.6) is 0 Å². The number of hydrogen-bond acceptors (Lipinski definition) is 2. The van der Waals surface area contributed by atoms with Gasteiger partial charge in [0.15, 0.2) is 0 Å². The van der Waals surface area contributed by atoms with E-state index >= 15 is 0 Å². The lowest BCUT2D eigenvalue weighted by Crippen LogP contribution is -2.21. The number of carbonyl (C=O) groups excluding carboxylic acids is 2. The number of amides is 2. The maximum absolute atomic E-state index is 12.2. The van der Waals surface area contributed by atoms with Crippen LogP contribution in [0.4, 0.5) is 0 Å². The Hall–Kier alpha value is -2.62. The molecule has 2 aromatic carbocycles. The minimum Gasteiger partial charge on any atom is -0.345 e. The summed E-state index contributed by atoms with van der Waals surface area (Å²) in [6.07, 6.45) is 2.62. The van der Waals surface area contributed by atoms with Crippen molar-refractivity contribution in [3.05, 3.63) is 69.8 Å². The van der Waals surface area contributed by atoms with Crippen LogP contribution in [0.2, 0.25) is 0 Å². The van der Waals surface area contributed by atoms with Crippen LogP contribution in [0, 0.1) is 0 Å². The van der Waals surface area contributed by atoms with Gasteiger partial charge in [0.1, 0.15) is 0 Å². The highest BCUT2D eigenvalue weighted by Crippen LogP contribution is 2.26. The largest absolute Gasteiger partial charge is 0.345 e. The van der Waals surface area contributed by atoms with Gasteiger partial charge in [0.2, 0.25) is 0 Å². The fourth-order valence-corrected chi connectivity index (χ4v) is 3.32. The summed E-state index contributed by atoms with van der Waals surface area (Å²) in [6, 6.07) is 12.0. The molecule has 0 fully saturated rings. The average molecular weight is 336 g/mol. The van der Waals surface area contributed by atoms with Gasteiger partial charge in [0, 0.05) is 39.3 Å². The first-order valence-corrected chi connectivity index (χ1v) is 8.53. The molecule has 0 N–H and O–H groups in total. The number of carbonyl (C=O) groups is 2. The number of rotatable bonds is 2. The summed E-state index contributed by atoms with van der Waals surface area (Å²) in [7, 11) is 7.08. The zero-order valence-corrected chi connectivity index (χ0v) is 15.3. The third-order valence-corrected chi connectivity index (χ3v) is 4.76. The summed E-state index contributed by atoms with van der Waals surface area (Å²) in [4.78, 5) is 27.6. The molecule has 2 aromatic rings. The molecule has 130 valence electrons. The van der Waals surface area contributed by atoms with Gasteiger partial charge in [-0.05, 0) is 65.8 Å². The molecular formula is C21H24N2O2. The van der Waals surface area contributed by atoms with Crippen molar-refractivity contribution in [3.8, 4) is 0 Å². The maximum Gasteiger partial charge on any atom is 0.253 e. The van der Waals surface area contributed by atoms with E-state index in [2.05, 4.69) is 12.1 Å². The van der Waals surface area contributed by atoms with Crippen LogP contribution in [0.15, 0.2) is 36.4 Å². The van der Waals surface area contributed by atoms with Gasteiger partial charge in [-0.15, -0.1) is 0 Å². The molecule has 0 aliphatic heterocycles. The second kappa shape index (κ2) is 6.71. The lowest BCUT2D eigenvalue weighted by molar-refractivity contribution is 0.0820. The van der Waals surface area contributed by atoms with Gasteiger partial charge in [-0.25, -0.2) is 0 Å². The second-order valence-corrected chi connectivity index (χ2v) is 7.04. The van der Waals surface area contributed by atoms with Gasteiger partial charge in [0.05, 0.1) is 0 Å². The fraction of sp³-hybridized carbons (Fsp3) is 0.333. The van der Waals surface area contributed by atoms with Crippen molar-refractivity contribution in [2.24, 2.45) is 0 Å². The van der Waals surface area contributed by atoms with Gasteiger partial charge in [-0.1, -0.05) is 12.1 Å². The van der Waals surface area contributed by atoms with Crippen LogP contribution in [-0.4, -0.2) is 49.8 Å². The normalized spacial score (nSPS) is 12.6. The quantitative estimate of drug-likeness (QED) is 0.846. The third kappa shape index (κ3) is 3.43. The third-order valence-electron chi connectivity index (χ3n) is 4.76. The summed E-state index contributed by atoms with van der Waals surface area (Å²) in [6.45, 7) is 0. The summed E-state index contributed by atoms with van der Waals surface area (Å²) < 4.78 is 0. The van der Waals surface area contributed by atoms with Crippen LogP contribution in [0.3, 0.4) is 0 Å². The van der Waals surface area contributed by atoms with Gasteiger partial charge >= 0.3 is 0 Å². The molecule has 0 bridgehead atoms. The Bertz CT molecular complexity index is 768. The van der Waals surface area contributed by atoms with Crippen molar-refractivity contribution in [1.29, 1.82) is 0 Å². The Morgan fingerprint density at radius 3 is 1.44 bits per heavy atom. The number of fused-ring (bicyclic) bond motifs is 2. The highest BCUT2D eigenvalue weighted by atomic mass is 16.2. The predicted molar refractivity (Wildman–Crippen MR) is 99.1 cm³/mol. The molecule has 0 spiro atoms. The smallest absolute Gasteiger partial charge is 0.253 e. The highest BCUT2D eigenvalue weighted by molar-refractivity contribution is 5.94. The first-order valence-electron chi connectivity index (χ1n) is 8.53. The van der Waals surface area contributed by atoms with Gasteiger partial charge in [-0.3, -0.25) is 9.59 Å². The summed E-state index contributed by atoms with van der Waals surface area (Å²) in [5.74, 6) is 0.0619. The van der Waals surface area contributed by atoms with Crippen molar-refractivity contribution in [1.82, 2.24) is 9.80 Å². The molecule has 25 heavy (non-hydrogen) atoms. The monoisotopic (exact) mass is 336 g/mol. The predicted octanol–water partition coefficient (Wildman–Crippen LogP) is 2.78. The SMILES string of the molecule is CN(C)C(=O)c1ccc2c(c1)CCc1cc(C(=O)N(C)C)ccc1C2. The molecule has 1 aliphatic rings. The van der Waals surface area contributed by atoms with Crippen LogP contribution < -0.4 is 0 Å². The van der Waals surface area contributed by atoms with Gasteiger partial charge in [-0.2, -0.15) is 0 Å². The summed E-state index contributed by atoms with van der Waals surface area (Å²) in [5.41, 5.74) is 6.45. The van der Waals surface area contributed by atoms with E-state index in [1.807, 2.05) is 24.3 Å². The molecule has 0 heterocycles. The Labute approximate surface area is 149 Å². The number of nitrogens with zero attached hydrogens (tertiary/aromatic N) is 2. The first-order chi connectivity index (χ1) is 11.9. The Morgan fingerprint density at radius 2 is 1.08 bits per heavy atom. The van der Waals surface area contributed by atoms with Gasteiger partial charge in [0.25, 0.3) is 11.8 Å². The fourth-order valence-electron chi connectivity index (χ4n) is 3.32. The van der Waals surface area contributed by atoms with Crippen molar-refractivity contribution >= 4 is 11.8 Å². The molecule has 4 nitrogen and oxygen atoms in total. The zero-order valence-electron chi connectivity index (χ0n) is 15.3. The minimum atomic E-state index is 0.0310. The van der Waals surface area contributed by atoms with Crippen LogP contribution in [0.1, 0.15) is 43.0 Å². The van der Waals surface area contributed by atoms with Crippen molar-refractivity contribution < 1.29 is 9.59 Å². The molecule has 3 rings (SSSR count). The van der Waals surface area contributed by atoms with E-state index in [1.54, 1.807) is 38.0 Å². The molecule has 2 amide bonds. The van der Waals surface area contributed by atoms with Crippen LogP contribution in [-0.2, 0) is 19.3 Å². The average Bonchev–Trinajstić information content (AvgIpc) is 2.78. The lowest BCUT2D eigenvalue weighted by atomic mass is 9.97. The van der Waals surface area contributed by atoms with E-state index < -0.39 is 0 Å². The number of benzene rings is 2. The first kappa shape index (κ1) is 17.2. The molecule has 0 saturated carbocycles. The molecule has 0 atom stereocenters. The molecule has 0 aromatic heterocycles. The van der Waals surface area contributed by atoms with E-state index in [9.17, 15) is 9.59 Å². The second-order valence-electron chi connectivity index (χ2n) is 7.04. The van der Waals surface area contributed by atoms with Crippen molar-refractivity contribution in [2.45, 2.75) is 19.3 Å².